The first kappa shape index (κ1) is 16.9. The van der Waals surface area contributed by atoms with E-state index in [0.717, 1.165) is 12.8 Å². The van der Waals surface area contributed by atoms with Gasteiger partial charge < -0.3 is 5.32 Å². The average Bonchev–Trinajstić information content (AvgIpc) is 3.25. The maximum atomic E-state index is 14.1. The summed E-state index contributed by atoms with van der Waals surface area (Å²) in [4.78, 5) is 43.4. The number of anilines is 1. The summed E-state index contributed by atoms with van der Waals surface area (Å²) in [5, 5.41) is 2.84. The van der Waals surface area contributed by atoms with E-state index in [1.165, 1.54) is 17.0 Å². The van der Waals surface area contributed by atoms with Crippen LogP contribution in [0.4, 0.5) is 10.1 Å². The lowest BCUT2D eigenvalue weighted by atomic mass is 9.75. The van der Waals surface area contributed by atoms with Crippen LogP contribution in [0.1, 0.15) is 39.2 Å². The van der Waals surface area contributed by atoms with Crippen molar-refractivity contribution in [1.29, 1.82) is 0 Å². The van der Waals surface area contributed by atoms with Gasteiger partial charge in [0.25, 0.3) is 0 Å². The molecule has 27 heavy (non-hydrogen) atoms. The Balaban J connectivity index is 1.77. The van der Waals surface area contributed by atoms with Gasteiger partial charge in [0.2, 0.25) is 17.7 Å². The number of imide groups is 1. The molecular formula is C20H22FN3O3. The van der Waals surface area contributed by atoms with Crippen LogP contribution < -0.4 is 5.32 Å². The number of nitrogens with zero attached hydrogens (tertiary/aromatic N) is 2. The van der Waals surface area contributed by atoms with Gasteiger partial charge in [0.1, 0.15) is 11.4 Å². The van der Waals surface area contributed by atoms with Gasteiger partial charge in [-0.05, 0) is 58.4 Å². The molecule has 4 atom stereocenters. The predicted octanol–water partition coefficient (Wildman–Crippen LogP) is 1.85. The van der Waals surface area contributed by atoms with Crippen molar-refractivity contribution in [2.75, 3.05) is 11.9 Å². The molecule has 0 unspecified atom stereocenters. The zero-order chi connectivity index (χ0) is 19.3. The Hall–Kier alpha value is -2.28. The molecule has 1 spiro atoms. The third-order valence-electron chi connectivity index (χ3n) is 6.63. The van der Waals surface area contributed by atoms with E-state index in [1.54, 1.807) is 6.07 Å². The molecule has 3 amide bonds. The van der Waals surface area contributed by atoms with E-state index in [9.17, 15) is 18.8 Å². The Bertz CT molecular complexity index is 908. The zero-order valence-corrected chi connectivity index (χ0v) is 15.6. The average molecular weight is 371 g/mol. The predicted molar refractivity (Wildman–Crippen MR) is 95.0 cm³/mol. The monoisotopic (exact) mass is 371 g/mol. The van der Waals surface area contributed by atoms with Crippen molar-refractivity contribution in [3.63, 3.8) is 0 Å². The van der Waals surface area contributed by atoms with Crippen LogP contribution in [0.15, 0.2) is 18.2 Å². The van der Waals surface area contributed by atoms with Crippen LogP contribution in [0, 0.1) is 17.7 Å². The summed E-state index contributed by atoms with van der Waals surface area (Å²) in [6.45, 7) is 6.10. The first-order valence-corrected chi connectivity index (χ1v) is 9.45. The van der Waals surface area contributed by atoms with E-state index >= 15 is 0 Å². The fourth-order valence-corrected chi connectivity index (χ4v) is 5.84. The molecule has 142 valence electrons. The number of rotatable bonds is 0. The highest BCUT2D eigenvalue weighted by Crippen LogP contribution is 2.60. The first-order chi connectivity index (χ1) is 12.7. The van der Waals surface area contributed by atoms with Crippen LogP contribution in [-0.2, 0) is 19.9 Å². The van der Waals surface area contributed by atoms with Gasteiger partial charge in [0.15, 0.2) is 0 Å². The Labute approximate surface area is 156 Å². The largest absolute Gasteiger partial charge is 0.324 e. The minimum atomic E-state index is -1.30. The second-order valence-electron chi connectivity index (χ2n) is 9.00. The lowest BCUT2D eigenvalue weighted by Gasteiger charge is -2.38. The molecule has 7 heteroatoms. The number of fused-ring (bicyclic) bond motifs is 7. The minimum Gasteiger partial charge on any atom is -0.324 e. The second kappa shape index (κ2) is 4.95. The minimum absolute atomic E-state index is 0.168. The van der Waals surface area contributed by atoms with Gasteiger partial charge in [-0.3, -0.25) is 24.2 Å². The number of halogens is 1. The summed E-state index contributed by atoms with van der Waals surface area (Å²) in [7, 11) is 0. The van der Waals surface area contributed by atoms with E-state index in [2.05, 4.69) is 5.32 Å². The third-order valence-corrected chi connectivity index (χ3v) is 6.63. The van der Waals surface area contributed by atoms with Crippen molar-refractivity contribution in [2.45, 2.75) is 50.7 Å². The summed E-state index contributed by atoms with van der Waals surface area (Å²) in [5.41, 5.74) is -0.940. The maximum absolute atomic E-state index is 14.1. The summed E-state index contributed by atoms with van der Waals surface area (Å²) in [6.07, 6.45) is 1.61. The van der Waals surface area contributed by atoms with Crippen molar-refractivity contribution >= 4 is 23.4 Å². The van der Waals surface area contributed by atoms with Gasteiger partial charge in [-0.25, -0.2) is 4.39 Å². The third kappa shape index (κ3) is 1.81. The molecule has 3 fully saturated rings. The lowest BCUT2D eigenvalue weighted by molar-refractivity contribution is -0.150. The van der Waals surface area contributed by atoms with Gasteiger partial charge in [0, 0.05) is 22.8 Å². The Morgan fingerprint density at radius 3 is 2.63 bits per heavy atom. The van der Waals surface area contributed by atoms with Crippen molar-refractivity contribution < 1.29 is 18.8 Å². The van der Waals surface area contributed by atoms with Crippen LogP contribution in [0.5, 0.6) is 0 Å². The van der Waals surface area contributed by atoms with Crippen LogP contribution in [0.3, 0.4) is 0 Å². The second-order valence-corrected chi connectivity index (χ2v) is 9.00. The molecule has 6 nitrogen and oxygen atoms in total. The van der Waals surface area contributed by atoms with Crippen molar-refractivity contribution in [2.24, 2.45) is 11.8 Å². The molecule has 5 rings (SSSR count). The van der Waals surface area contributed by atoms with Crippen LogP contribution in [0.25, 0.3) is 0 Å². The highest BCUT2D eigenvalue weighted by atomic mass is 19.1. The standard InChI is InChI=1S/C20H22FN3O3/c1-19(2,3)24-16(25)14-13-5-4-8-23(13)20(15(14)17(24)26)11-9-10(21)6-7-12(11)22-18(20)27/h6-7,9,13-15H,4-5,8H2,1-3H3,(H,22,27)/t13-,14-,15+,20+/m1/s1. The molecule has 0 saturated carbocycles. The van der Waals surface area contributed by atoms with Gasteiger partial charge in [0.05, 0.1) is 11.8 Å². The molecule has 3 saturated heterocycles. The van der Waals surface area contributed by atoms with Crippen molar-refractivity contribution in [3.05, 3.63) is 29.6 Å². The van der Waals surface area contributed by atoms with Gasteiger partial charge >= 0.3 is 0 Å². The van der Waals surface area contributed by atoms with Crippen LogP contribution in [-0.4, -0.2) is 45.6 Å². The van der Waals surface area contributed by atoms with E-state index < -0.39 is 28.7 Å². The van der Waals surface area contributed by atoms with Gasteiger partial charge in [-0.2, -0.15) is 0 Å². The molecule has 0 aliphatic carbocycles. The summed E-state index contributed by atoms with van der Waals surface area (Å²) < 4.78 is 14.1. The summed E-state index contributed by atoms with van der Waals surface area (Å²) >= 11 is 0. The van der Waals surface area contributed by atoms with Crippen molar-refractivity contribution in [3.8, 4) is 0 Å². The number of carbonyl (C=O) groups is 3. The fourth-order valence-electron chi connectivity index (χ4n) is 5.84. The molecule has 4 aliphatic heterocycles. The van der Waals surface area contributed by atoms with Gasteiger partial charge in [-0.15, -0.1) is 0 Å². The number of likely N-dealkylation sites (tertiary alicyclic amines) is 1. The molecule has 1 aromatic carbocycles. The molecule has 0 aromatic heterocycles. The smallest absolute Gasteiger partial charge is 0.250 e. The van der Waals surface area contributed by atoms with Crippen LogP contribution >= 0.6 is 0 Å². The highest BCUT2D eigenvalue weighted by Gasteiger charge is 2.75. The van der Waals surface area contributed by atoms with E-state index in [4.69, 9.17) is 0 Å². The molecule has 0 radical (unpaired) electrons. The highest BCUT2D eigenvalue weighted by molar-refractivity contribution is 6.15. The van der Waals surface area contributed by atoms with Gasteiger partial charge in [-0.1, -0.05) is 0 Å². The Kier molecular flexibility index (Phi) is 3.09. The lowest BCUT2D eigenvalue weighted by Crippen LogP contribution is -2.56. The van der Waals surface area contributed by atoms with E-state index in [-0.39, 0.29) is 23.8 Å². The van der Waals surface area contributed by atoms with Crippen molar-refractivity contribution in [1.82, 2.24) is 9.80 Å². The number of nitrogens with one attached hydrogen (secondary N) is 1. The maximum Gasteiger partial charge on any atom is 0.250 e. The molecular weight excluding hydrogens is 349 g/mol. The fraction of sp³-hybridized carbons (Fsp3) is 0.550. The first-order valence-electron chi connectivity index (χ1n) is 9.45. The number of amides is 3. The summed E-state index contributed by atoms with van der Waals surface area (Å²) in [6, 6.07) is 4.02. The SMILES string of the molecule is CC(C)(C)N1C(=O)[C@@H]2[C@H]3CCCN3[C@]3(C(=O)Nc4ccc(F)cc43)[C@@H]2C1=O. The summed E-state index contributed by atoms with van der Waals surface area (Å²) in [5.74, 6) is -2.66. The molecule has 1 aromatic rings. The number of hydrogen-bond donors (Lipinski definition) is 1. The molecule has 0 bridgehead atoms. The number of carbonyl (C=O) groups excluding carboxylic acids is 3. The normalized spacial score (nSPS) is 35.0. The molecule has 4 heterocycles. The number of benzene rings is 1. The quantitative estimate of drug-likeness (QED) is 0.707. The molecule has 4 aliphatic rings. The molecule has 1 N–H and O–H groups in total. The van der Waals surface area contributed by atoms with E-state index in [1.807, 2.05) is 25.7 Å². The topological polar surface area (TPSA) is 69.7 Å². The number of hydrogen-bond acceptors (Lipinski definition) is 4. The van der Waals surface area contributed by atoms with E-state index in [0.29, 0.717) is 17.8 Å². The zero-order valence-electron chi connectivity index (χ0n) is 15.6. The van der Waals surface area contributed by atoms with Crippen LogP contribution in [0.2, 0.25) is 0 Å². The Morgan fingerprint density at radius 1 is 1.19 bits per heavy atom. The Morgan fingerprint density at radius 2 is 1.93 bits per heavy atom.